The summed E-state index contributed by atoms with van der Waals surface area (Å²) in [5, 5.41) is 3.46. The van der Waals surface area contributed by atoms with Gasteiger partial charge in [0.1, 0.15) is 0 Å². The Morgan fingerprint density at radius 2 is 2.00 bits per heavy atom. The van der Waals surface area contributed by atoms with Crippen molar-refractivity contribution in [1.29, 1.82) is 0 Å². The number of aromatic nitrogens is 2. The molecule has 0 saturated carbocycles. The maximum absolute atomic E-state index is 4.42. The number of hydrogen-bond donors (Lipinski definition) is 1. The molecule has 1 aromatic rings. The molecule has 0 spiro atoms. The highest BCUT2D eigenvalue weighted by molar-refractivity contribution is 5.15. The molecule has 19 heavy (non-hydrogen) atoms. The van der Waals surface area contributed by atoms with Gasteiger partial charge in [-0.3, -0.25) is 0 Å². The molecule has 1 aromatic heterocycles. The van der Waals surface area contributed by atoms with Gasteiger partial charge in [-0.1, -0.05) is 34.6 Å². The van der Waals surface area contributed by atoms with Gasteiger partial charge in [-0.05, 0) is 37.3 Å². The summed E-state index contributed by atoms with van der Waals surface area (Å²) in [5.74, 6) is 0.644. The third-order valence-corrected chi connectivity index (χ3v) is 4.99. The van der Waals surface area contributed by atoms with E-state index in [1.54, 1.807) is 0 Å². The van der Waals surface area contributed by atoms with Crippen LogP contribution >= 0.6 is 0 Å². The maximum atomic E-state index is 4.42. The monoisotopic (exact) mass is 263 g/mol. The molecule has 1 unspecified atom stereocenters. The summed E-state index contributed by atoms with van der Waals surface area (Å²) in [5.41, 5.74) is 2.06. The second-order valence-corrected chi connectivity index (χ2v) is 7.51. The molecule has 1 aliphatic heterocycles. The van der Waals surface area contributed by atoms with E-state index in [2.05, 4.69) is 55.7 Å². The quantitative estimate of drug-likeness (QED) is 0.907. The lowest BCUT2D eigenvalue weighted by Crippen LogP contribution is -2.39. The highest BCUT2D eigenvalue weighted by atomic mass is 15.1. The van der Waals surface area contributed by atoms with Crippen molar-refractivity contribution < 1.29 is 0 Å². The van der Waals surface area contributed by atoms with Crippen LogP contribution in [0.2, 0.25) is 0 Å². The first-order valence-electron chi connectivity index (χ1n) is 7.54. The number of rotatable bonds is 3. The lowest BCUT2D eigenvalue weighted by molar-refractivity contribution is 0.223. The molecule has 1 fully saturated rings. The van der Waals surface area contributed by atoms with Crippen LogP contribution in [0, 0.1) is 11.3 Å². The molecule has 2 rings (SSSR count). The van der Waals surface area contributed by atoms with E-state index < -0.39 is 0 Å². The molecule has 1 saturated heterocycles. The molecule has 0 amide bonds. The van der Waals surface area contributed by atoms with Gasteiger partial charge in [-0.15, -0.1) is 0 Å². The van der Waals surface area contributed by atoms with E-state index in [0.717, 1.165) is 19.6 Å². The minimum atomic E-state index is 0.291. The topological polar surface area (TPSA) is 29.9 Å². The van der Waals surface area contributed by atoms with E-state index >= 15 is 0 Å². The van der Waals surface area contributed by atoms with Crippen molar-refractivity contribution in [1.82, 2.24) is 14.9 Å². The van der Waals surface area contributed by atoms with Gasteiger partial charge in [0, 0.05) is 23.9 Å². The first-order valence-corrected chi connectivity index (χ1v) is 7.54. The summed E-state index contributed by atoms with van der Waals surface area (Å²) in [6.07, 6.45) is 6.52. The first kappa shape index (κ1) is 14.6. The standard InChI is InChI=1S/C16H29N3/c1-13(15(2,3)4)11-19-12-18-10-14(19)16(5)6-8-17-9-7-16/h10,12-13,17H,6-9,11H2,1-5H3. The summed E-state index contributed by atoms with van der Waals surface area (Å²) in [6, 6.07) is 0. The smallest absolute Gasteiger partial charge is 0.0948 e. The summed E-state index contributed by atoms with van der Waals surface area (Å²) in [6.45, 7) is 15.0. The minimum Gasteiger partial charge on any atom is -0.334 e. The van der Waals surface area contributed by atoms with Crippen LogP contribution in [0.3, 0.4) is 0 Å². The predicted molar refractivity (Wildman–Crippen MR) is 80.3 cm³/mol. The summed E-state index contributed by atoms with van der Waals surface area (Å²) < 4.78 is 2.39. The van der Waals surface area contributed by atoms with Gasteiger partial charge in [-0.2, -0.15) is 0 Å². The fourth-order valence-corrected chi connectivity index (χ4v) is 2.77. The number of hydrogen-bond acceptors (Lipinski definition) is 2. The van der Waals surface area contributed by atoms with E-state index in [1.165, 1.54) is 18.5 Å². The Morgan fingerprint density at radius 1 is 1.37 bits per heavy atom. The molecule has 108 valence electrons. The zero-order chi connectivity index (χ0) is 14.1. The van der Waals surface area contributed by atoms with Crippen LogP contribution in [0.5, 0.6) is 0 Å². The minimum absolute atomic E-state index is 0.291. The van der Waals surface area contributed by atoms with Crippen molar-refractivity contribution in [3.63, 3.8) is 0 Å². The van der Waals surface area contributed by atoms with E-state index in [4.69, 9.17) is 0 Å². The number of nitrogens with zero attached hydrogens (tertiary/aromatic N) is 2. The average molecular weight is 263 g/mol. The highest BCUT2D eigenvalue weighted by Gasteiger charge is 2.32. The predicted octanol–water partition coefficient (Wildman–Crippen LogP) is 3.21. The fraction of sp³-hybridized carbons (Fsp3) is 0.812. The molecule has 0 radical (unpaired) electrons. The number of piperidine rings is 1. The van der Waals surface area contributed by atoms with Crippen molar-refractivity contribution in [3.05, 3.63) is 18.2 Å². The van der Waals surface area contributed by atoms with E-state index in [1.807, 2.05) is 6.33 Å². The van der Waals surface area contributed by atoms with Crippen molar-refractivity contribution >= 4 is 0 Å². The Hall–Kier alpha value is -0.830. The Morgan fingerprint density at radius 3 is 2.58 bits per heavy atom. The molecule has 1 N–H and O–H groups in total. The van der Waals surface area contributed by atoms with Crippen LogP contribution in [0.15, 0.2) is 12.5 Å². The van der Waals surface area contributed by atoms with Gasteiger partial charge < -0.3 is 9.88 Å². The van der Waals surface area contributed by atoms with Gasteiger partial charge in [0.15, 0.2) is 0 Å². The third kappa shape index (κ3) is 3.19. The van der Waals surface area contributed by atoms with Gasteiger partial charge >= 0.3 is 0 Å². The van der Waals surface area contributed by atoms with Crippen LogP contribution in [0.4, 0.5) is 0 Å². The summed E-state index contributed by atoms with van der Waals surface area (Å²) in [7, 11) is 0. The molecular weight excluding hydrogens is 234 g/mol. The maximum Gasteiger partial charge on any atom is 0.0948 e. The van der Waals surface area contributed by atoms with Crippen LogP contribution in [0.25, 0.3) is 0 Å². The second kappa shape index (κ2) is 5.28. The average Bonchev–Trinajstić information content (AvgIpc) is 2.77. The van der Waals surface area contributed by atoms with Crippen molar-refractivity contribution in [3.8, 4) is 0 Å². The molecule has 1 aliphatic rings. The fourth-order valence-electron chi connectivity index (χ4n) is 2.77. The molecule has 2 heterocycles. The second-order valence-electron chi connectivity index (χ2n) is 7.51. The van der Waals surface area contributed by atoms with Gasteiger partial charge in [0.25, 0.3) is 0 Å². The van der Waals surface area contributed by atoms with E-state index in [-0.39, 0.29) is 0 Å². The zero-order valence-electron chi connectivity index (χ0n) is 13.2. The summed E-state index contributed by atoms with van der Waals surface area (Å²) in [4.78, 5) is 4.42. The third-order valence-electron chi connectivity index (χ3n) is 4.99. The van der Waals surface area contributed by atoms with Gasteiger partial charge in [0.2, 0.25) is 0 Å². The number of imidazole rings is 1. The lowest BCUT2D eigenvalue weighted by Gasteiger charge is -2.36. The molecule has 3 nitrogen and oxygen atoms in total. The molecule has 1 atom stereocenters. The lowest BCUT2D eigenvalue weighted by atomic mass is 9.77. The Labute approximate surface area is 117 Å². The molecule has 3 heteroatoms. The highest BCUT2D eigenvalue weighted by Crippen LogP contribution is 2.34. The molecular formula is C16H29N3. The normalized spacial score (nSPS) is 21.3. The van der Waals surface area contributed by atoms with Crippen LogP contribution in [-0.4, -0.2) is 22.6 Å². The molecule has 0 aliphatic carbocycles. The zero-order valence-corrected chi connectivity index (χ0v) is 13.2. The first-order chi connectivity index (χ1) is 8.83. The van der Waals surface area contributed by atoms with Crippen molar-refractivity contribution in [2.24, 2.45) is 11.3 Å². The number of nitrogens with one attached hydrogen (secondary N) is 1. The van der Waals surface area contributed by atoms with Crippen LogP contribution in [-0.2, 0) is 12.0 Å². The molecule has 0 bridgehead atoms. The van der Waals surface area contributed by atoms with E-state index in [9.17, 15) is 0 Å². The van der Waals surface area contributed by atoms with Crippen molar-refractivity contribution in [2.45, 2.75) is 59.4 Å². The van der Waals surface area contributed by atoms with Gasteiger partial charge in [-0.25, -0.2) is 4.98 Å². The molecule has 0 aromatic carbocycles. The SMILES string of the molecule is CC(Cn1cncc1C1(C)CCNCC1)C(C)(C)C. The van der Waals surface area contributed by atoms with Crippen LogP contribution < -0.4 is 5.32 Å². The largest absolute Gasteiger partial charge is 0.334 e. The Bertz CT molecular complexity index is 408. The van der Waals surface area contributed by atoms with Gasteiger partial charge in [0.05, 0.1) is 6.33 Å². The Kier molecular flexibility index (Phi) is 4.05. The summed E-state index contributed by atoms with van der Waals surface area (Å²) >= 11 is 0. The van der Waals surface area contributed by atoms with Crippen molar-refractivity contribution in [2.75, 3.05) is 13.1 Å². The van der Waals surface area contributed by atoms with Crippen LogP contribution in [0.1, 0.15) is 53.2 Å². The Balaban J connectivity index is 2.18. The van der Waals surface area contributed by atoms with E-state index in [0.29, 0.717) is 16.7 Å².